The quantitative estimate of drug-likeness (QED) is 0.278. The van der Waals surface area contributed by atoms with Crippen LogP contribution in [0.15, 0.2) is 24.3 Å². The minimum absolute atomic E-state index is 0.0166. The van der Waals surface area contributed by atoms with Crippen LogP contribution < -0.4 is 19.7 Å². The van der Waals surface area contributed by atoms with Gasteiger partial charge in [-0.2, -0.15) is 9.97 Å². The molecular formula is C35H38F2N6O4. The van der Waals surface area contributed by atoms with Crippen LogP contribution in [0.3, 0.4) is 0 Å². The third-order valence-corrected chi connectivity index (χ3v) is 11.4. The van der Waals surface area contributed by atoms with Crippen molar-refractivity contribution in [1.29, 1.82) is 0 Å². The van der Waals surface area contributed by atoms with Gasteiger partial charge < -0.3 is 29.9 Å². The van der Waals surface area contributed by atoms with Crippen LogP contribution in [-0.4, -0.2) is 92.7 Å². The Morgan fingerprint density at radius 1 is 1.11 bits per heavy atom. The average Bonchev–Trinajstić information content (AvgIpc) is 3.74. The number of aliphatic hydroxyl groups excluding tert-OH is 1. The first kappa shape index (κ1) is 29.3. The van der Waals surface area contributed by atoms with Gasteiger partial charge in [0, 0.05) is 30.2 Å². The molecule has 10 nitrogen and oxygen atoms in total. The van der Waals surface area contributed by atoms with Crippen LogP contribution in [-0.2, 0) is 6.42 Å². The molecule has 7 heterocycles. The normalized spacial score (nSPS) is 28.0. The number of aromatic hydroxyl groups is 1. The summed E-state index contributed by atoms with van der Waals surface area (Å²) in [4.78, 5) is 19.0. The Labute approximate surface area is 270 Å². The van der Waals surface area contributed by atoms with Gasteiger partial charge in [0.15, 0.2) is 5.82 Å². The fourth-order valence-electron chi connectivity index (χ4n) is 9.20. The number of hydrogen-bond acceptors (Lipinski definition) is 10. The number of piperazine rings is 1. The van der Waals surface area contributed by atoms with Crippen LogP contribution in [0.1, 0.15) is 51.0 Å². The molecular weight excluding hydrogens is 606 g/mol. The Hall–Kier alpha value is -3.87. The van der Waals surface area contributed by atoms with Gasteiger partial charge in [-0.05, 0) is 86.0 Å². The summed E-state index contributed by atoms with van der Waals surface area (Å²) < 4.78 is 45.1. The maximum absolute atomic E-state index is 17.1. The second-order valence-corrected chi connectivity index (χ2v) is 13.9. The molecule has 2 bridgehead atoms. The number of nitrogens with zero attached hydrogens (tertiary/aromatic N) is 5. The van der Waals surface area contributed by atoms with Crippen LogP contribution in [0.2, 0.25) is 0 Å². The summed E-state index contributed by atoms with van der Waals surface area (Å²) in [5.74, 6) is -0.453. The lowest BCUT2D eigenvalue weighted by atomic mass is 9.94. The zero-order valence-corrected chi connectivity index (χ0v) is 26.3. The van der Waals surface area contributed by atoms with Gasteiger partial charge in [-0.1, -0.05) is 13.0 Å². The number of ether oxygens (including phenoxy) is 2. The number of benzene rings is 2. The summed E-state index contributed by atoms with van der Waals surface area (Å²) in [6.07, 6.45) is 6.19. The zero-order chi connectivity index (χ0) is 32.0. The van der Waals surface area contributed by atoms with Crippen molar-refractivity contribution in [3.05, 3.63) is 41.5 Å². The number of fused-ring (bicyclic) bond motifs is 7. The topological polar surface area (TPSA) is 116 Å². The number of hydrogen-bond donors (Lipinski definition) is 3. The number of aromatic nitrogens is 3. The molecule has 0 spiro atoms. The third-order valence-electron chi connectivity index (χ3n) is 11.4. The minimum Gasteiger partial charge on any atom is -0.508 e. The fraction of sp³-hybridized carbons (Fsp3) is 0.514. The van der Waals surface area contributed by atoms with E-state index in [1.165, 1.54) is 12.1 Å². The second kappa shape index (κ2) is 10.8. The van der Waals surface area contributed by atoms with E-state index in [1.54, 1.807) is 12.1 Å². The van der Waals surface area contributed by atoms with Crippen molar-refractivity contribution in [2.24, 2.45) is 0 Å². The van der Waals surface area contributed by atoms with Crippen molar-refractivity contribution in [3.8, 4) is 28.9 Å². The molecule has 5 aliphatic rings. The van der Waals surface area contributed by atoms with E-state index < -0.39 is 11.6 Å². The number of phenolic OH excluding ortho intramolecular Hbond substituents is 1. The molecule has 5 aliphatic heterocycles. The molecule has 4 fully saturated rings. The highest BCUT2D eigenvalue weighted by Crippen LogP contribution is 2.46. The first-order valence-corrected chi connectivity index (χ1v) is 16.9. The summed E-state index contributed by atoms with van der Waals surface area (Å²) in [7, 11) is 0. The van der Waals surface area contributed by atoms with Crippen molar-refractivity contribution in [3.63, 3.8) is 0 Å². The molecule has 0 unspecified atom stereocenters. The summed E-state index contributed by atoms with van der Waals surface area (Å²) >= 11 is 0. The number of nitrogens with one attached hydrogen (secondary N) is 1. The number of halogens is 2. The number of phenols is 1. The van der Waals surface area contributed by atoms with E-state index in [-0.39, 0.29) is 70.7 Å². The molecule has 5 atom stereocenters. The lowest BCUT2D eigenvalue weighted by Gasteiger charge is -2.40. The Kier molecular flexibility index (Phi) is 6.75. The standard InChI is InChI=1S/C35H38F2N6O4/c1-2-22-24(36)6-4-18-12-21(45)13-23(27(18)22)30-29(37)31-28-32(42-14-19-5-7-25(38-19)26(42)16-46-33(28)39-30)41-34(40-31)47-17-35-9-3-11-43(35)20(15-44)8-10-35/h4,6,12-13,19-20,25-26,38,44-45H,2-3,5,7-11,14-17H2,1H3/t19-,20-,25+,26-,35+/m1/s1. The van der Waals surface area contributed by atoms with Gasteiger partial charge >= 0.3 is 6.01 Å². The Bertz CT molecular complexity index is 1930. The van der Waals surface area contributed by atoms with Gasteiger partial charge in [0.2, 0.25) is 5.88 Å². The van der Waals surface area contributed by atoms with Crippen LogP contribution in [0.4, 0.5) is 14.6 Å². The molecule has 4 saturated heterocycles. The summed E-state index contributed by atoms with van der Waals surface area (Å²) in [6, 6.07) is 6.54. The average molecular weight is 645 g/mol. The number of anilines is 1. The van der Waals surface area contributed by atoms with Crippen molar-refractivity contribution in [2.45, 2.75) is 81.6 Å². The van der Waals surface area contributed by atoms with Gasteiger partial charge in [-0.25, -0.2) is 13.8 Å². The molecule has 12 heteroatoms. The maximum Gasteiger partial charge on any atom is 0.319 e. The third kappa shape index (κ3) is 4.40. The van der Waals surface area contributed by atoms with Crippen LogP contribution in [0.25, 0.3) is 32.9 Å². The second-order valence-electron chi connectivity index (χ2n) is 13.9. The molecule has 0 aliphatic carbocycles. The minimum atomic E-state index is -0.711. The SMILES string of the molecule is CCc1c(F)ccc2cc(O)cc(-c3nc4c5c(nc(OC[C@@]67CCCN6[C@@H](CO)CC7)nc5c3F)N3C[C@H]5CC[C@H](N5)[C@H]3CO4)c12. The summed E-state index contributed by atoms with van der Waals surface area (Å²) in [5.41, 5.74) is 0.403. The maximum atomic E-state index is 17.1. The molecule has 0 saturated carbocycles. The number of pyridine rings is 1. The van der Waals surface area contributed by atoms with Crippen molar-refractivity contribution in [2.75, 3.05) is 37.8 Å². The number of aliphatic hydroxyl groups is 1. The first-order valence-electron chi connectivity index (χ1n) is 16.9. The zero-order valence-electron chi connectivity index (χ0n) is 26.3. The van der Waals surface area contributed by atoms with Gasteiger partial charge in [0.05, 0.1) is 18.2 Å². The number of aryl methyl sites for hydroxylation is 1. The Morgan fingerprint density at radius 3 is 2.85 bits per heavy atom. The fourth-order valence-corrected chi connectivity index (χ4v) is 9.20. The number of rotatable bonds is 6. The highest BCUT2D eigenvalue weighted by atomic mass is 19.1. The van der Waals surface area contributed by atoms with E-state index in [0.29, 0.717) is 53.7 Å². The van der Waals surface area contributed by atoms with E-state index in [0.717, 1.165) is 45.1 Å². The van der Waals surface area contributed by atoms with E-state index in [2.05, 4.69) is 15.1 Å². The molecule has 9 rings (SSSR count). The van der Waals surface area contributed by atoms with Gasteiger partial charge in [0.25, 0.3) is 0 Å². The molecule has 4 aromatic rings. The van der Waals surface area contributed by atoms with E-state index >= 15 is 8.78 Å². The van der Waals surface area contributed by atoms with Crippen LogP contribution in [0.5, 0.6) is 17.6 Å². The molecule has 47 heavy (non-hydrogen) atoms. The predicted molar refractivity (Wildman–Crippen MR) is 172 cm³/mol. The molecule has 2 aromatic carbocycles. The molecule has 0 radical (unpaired) electrons. The Morgan fingerprint density at radius 2 is 2.00 bits per heavy atom. The van der Waals surface area contributed by atoms with Crippen LogP contribution >= 0.6 is 0 Å². The monoisotopic (exact) mass is 644 g/mol. The van der Waals surface area contributed by atoms with E-state index in [4.69, 9.17) is 24.4 Å². The van der Waals surface area contributed by atoms with Crippen molar-refractivity contribution >= 4 is 27.5 Å². The van der Waals surface area contributed by atoms with E-state index in [1.807, 2.05) is 6.92 Å². The largest absolute Gasteiger partial charge is 0.508 e. The highest BCUT2D eigenvalue weighted by molar-refractivity contribution is 6.03. The van der Waals surface area contributed by atoms with Gasteiger partial charge in [-0.3, -0.25) is 4.90 Å². The predicted octanol–water partition coefficient (Wildman–Crippen LogP) is 4.46. The van der Waals surface area contributed by atoms with Crippen molar-refractivity contribution < 1.29 is 28.5 Å². The van der Waals surface area contributed by atoms with Gasteiger partial charge in [0.1, 0.15) is 47.2 Å². The molecule has 0 amide bonds. The van der Waals surface area contributed by atoms with Gasteiger partial charge in [-0.15, -0.1) is 0 Å². The lowest BCUT2D eigenvalue weighted by Crippen LogP contribution is -2.60. The van der Waals surface area contributed by atoms with Crippen molar-refractivity contribution in [1.82, 2.24) is 25.2 Å². The first-order chi connectivity index (χ1) is 22.9. The lowest BCUT2D eigenvalue weighted by molar-refractivity contribution is 0.0644. The summed E-state index contributed by atoms with van der Waals surface area (Å²) in [5, 5.41) is 25.8. The molecule has 246 valence electrons. The smallest absolute Gasteiger partial charge is 0.319 e. The molecule has 2 aromatic heterocycles. The highest BCUT2D eigenvalue weighted by Gasteiger charge is 2.50. The Balaban J connectivity index is 1.23. The molecule has 3 N–H and O–H groups in total. The summed E-state index contributed by atoms with van der Waals surface area (Å²) in [6.45, 7) is 4.21. The van der Waals surface area contributed by atoms with E-state index in [9.17, 15) is 10.2 Å². The van der Waals surface area contributed by atoms with Crippen LogP contribution in [0, 0.1) is 11.6 Å².